The van der Waals surface area contributed by atoms with Crippen molar-refractivity contribution >= 4 is 29.2 Å². The first kappa shape index (κ1) is 18.6. The van der Waals surface area contributed by atoms with Gasteiger partial charge < -0.3 is 20.7 Å². The third-order valence-corrected chi connectivity index (χ3v) is 3.71. The van der Waals surface area contributed by atoms with Crippen LogP contribution in [0.3, 0.4) is 0 Å². The number of hydrogen-bond acceptors (Lipinski definition) is 3. The van der Waals surface area contributed by atoms with Gasteiger partial charge in [-0.05, 0) is 30.7 Å². The highest BCUT2D eigenvalue weighted by molar-refractivity contribution is 6.32. The van der Waals surface area contributed by atoms with Crippen LogP contribution in [-0.2, 0) is 11.3 Å². The third-order valence-electron chi connectivity index (χ3n) is 3.42. The standard InChI is InChI=1S/C18H20ClN3O3/c1-12-3-5-13(6-4-12)10-20-18(24)21-11-17(23)22-14-7-8-16(25-2)15(19)9-14/h3-9H,10-11H2,1-2H3,(H,22,23)(H2,20,21,24). The zero-order valence-electron chi connectivity index (χ0n) is 14.1. The first-order valence-corrected chi connectivity index (χ1v) is 8.06. The number of urea groups is 1. The monoisotopic (exact) mass is 361 g/mol. The predicted molar refractivity (Wildman–Crippen MR) is 98.1 cm³/mol. The quantitative estimate of drug-likeness (QED) is 0.739. The Balaban J connectivity index is 1.74. The van der Waals surface area contributed by atoms with Crippen molar-refractivity contribution < 1.29 is 14.3 Å². The molecule has 0 fully saturated rings. The lowest BCUT2D eigenvalue weighted by molar-refractivity contribution is -0.115. The molecular weight excluding hydrogens is 342 g/mol. The van der Waals surface area contributed by atoms with Crippen molar-refractivity contribution in [1.29, 1.82) is 0 Å². The summed E-state index contributed by atoms with van der Waals surface area (Å²) in [6.45, 7) is 2.24. The molecule has 2 aromatic rings. The highest BCUT2D eigenvalue weighted by Gasteiger charge is 2.07. The van der Waals surface area contributed by atoms with E-state index in [0.717, 1.165) is 11.1 Å². The van der Waals surface area contributed by atoms with Crippen LogP contribution in [0.25, 0.3) is 0 Å². The molecule has 2 aromatic carbocycles. The van der Waals surface area contributed by atoms with Crippen LogP contribution in [0.15, 0.2) is 42.5 Å². The number of anilines is 1. The van der Waals surface area contributed by atoms with Crippen molar-refractivity contribution in [2.24, 2.45) is 0 Å². The molecular formula is C18H20ClN3O3. The molecule has 0 aliphatic rings. The lowest BCUT2D eigenvalue weighted by atomic mass is 10.1. The average Bonchev–Trinajstić information content (AvgIpc) is 2.59. The molecule has 25 heavy (non-hydrogen) atoms. The number of hydrogen-bond donors (Lipinski definition) is 3. The SMILES string of the molecule is COc1ccc(NC(=O)CNC(=O)NCc2ccc(C)cc2)cc1Cl. The Bertz CT molecular complexity index is 748. The van der Waals surface area contributed by atoms with Crippen LogP contribution in [-0.4, -0.2) is 25.6 Å². The molecule has 0 atom stereocenters. The summed E-state index contributed by atoms with van der Waals surface area (Å²) >= 11 is 5.99. The molecule has 0 heterocycles. The Kier molecular flexibility index (Phi) is 6.65. The lowest BCUT2D eigenvalue weighted by Crippen LogP contribution is -2.39. The maximum Gasteiger partial charge on any atom is 0.315 e. The molecule has 0 bridgehead atoms. The van der Waals surface area contributed by atoms with E-state index in [9.17, 15) is 9.59 Å². The fourth-order valence-electron chi connectivity index (χ4n) is 2.06. The van der Waals surface area contributed by atoms with Gasteiger partial charge >= 0.3 is 6.03 Å². The number of rotatable bonds is 6. The van der Waals surface area contributed by atoms with Gasteiger partial charge in [0.25, 0.3) is 0 Å². The van der Waals surface area contributed by atoms with E-state index in [1.807, 2.05) is 31.2 Å². The fourth-order valence-corrected chi connectivity index (χ4v) is 2.32. The number of amides is 3. The minimum absolute atomic E-state index is 0.149. The minimum atomic E-state index is -0.413. The maximum atomic E-state index is 11.9. The van der Waals surface area contributed by atoms with Gasteiger partial charge in [-0.3, -0.25) is 4.79 Å². The van der Waals surface area contributed by atoms with Gasteiger partial charge in [-0.25, -0.2) is 4.79 Å². The van der Waals surface area contributed by atoms with Crippen LogP contribution in [0.5, 0.6) is 5.75 Å². The lowest BCUT2D eigenvalue weighted by Gasteiger charge is -2.10. The van der Waals surface area contributed by atoms with Crippen molar-refractivity contribution in [3.05, 3.63) is 58.6 Å². The molecule has 0 aliphatic carbocycles. The molecule has 0 saturated carbocycles. The second-order valence-corrected chi connectivity index (χ2v) is 5.83. The zero-order chi connectivity index (χ0) is 18.2. The Labute approximate surface area is 151 Å². The molecule has 3 amide bonds. The van der Waals surface area contributed by atoms with E-state index in [1.165, 1.54) is 7.11 Å². The number of methoxy groups -OCH3 is 1. The van der Waals surface area contributed by atoms with Gasteiger partial charge in [0.05, 0.1) is 18.7 Å². The van der Waals surface area contributed by atoms with Crippen LogP contribution in [0, 0.1) is 6.92 Å². The van der Waals surface area contributed by atoms with Crippen molar-refractivity contribution in [2.75, 3.05) is 19.0 Å². The maximum absolute atomic E-state index is 11.9. The van der Waals surface area contributed by atoms with E-state index in [0.29, 0.717) is 23.0 Å². The summed E-state index contributed by atoms with van der Waals surface area (Å²) < 4.78 is 5.04. The molecule has 2 rings (SSSR count). The average molecular weight is 362 g/mol. The molecule has 0 spiro atoms. The van der Waals surface area contributed by atoms with Crippen LogP contribution >= 0.6 is 11.6 Å². The van der Waals surface area contributed by atoms with Gasteiger partial charge in [0, 0.05) is 12.2 Å². The largest absolute Gasteiger partial charge is 0.495 e. The second kappa shape index (κ2) is 8.94. The van der Waals surface area contributed by atoms with E-state index >= 15 is 0 Å². The number of carbonyl (C=O) groups excluding carboxylic acids is 2. The zero-order valence-corrected chi connectivity index (χ0v) is 14.8. The third kappa shape index (κ3) is 6.00. The molecule has 132 valence electrons. The van der Waals surface area contributed by atoms with Crippen LogP contribution in [0.1, 0.15) is 11.1 Å². The van der Waals surface area contributed by atoms with Crippen LogP contribution in [0.2, 0.25) is 5.02 Å². The molecule has 0 saturated heterocycles. The number of aryl methyl sites for hydroxylation is 1. The number of nitrogens with one attached hydrogen (secondary N) is 3. The minimum Gasteiger partial charge on any atom is -0.495 e. The molecule has 0 unspecified atom stereocenters. The van der Waals surface area contributed by atoms with Crippen molar-refractivity contribution in [3.8, 4) is 5.75 Å². The Morgan fingerprint density at radius 1 is 1.08 bits per heavy atom. The van der Waals surface area contributed by atoms with Crippen LogP contribution < -0.4 is 20.7 Å². The molecule has 0 radical (unpaired) electrons. The van der Waals surface area contributed by atoms with Gasteiger partial charge in [-0.15, -0.1) is 0 Å². The first-order valence-electron chi connectivity index (χ1n) is 7.68. The van der Waals surface area contributed by atoms with Crippen molar-refractivity contribution in [2.45, 2.75) is 13.5 Å². The topological polar surface area (TPSA) is 79.5 Å². The Hall–Kier alpha value is -2.73. The Morgan fingerprint density at radius 3 is 2.44 bits per heavy atom. The van der Waals surface area contributed by atoms with E-state index in [1.54, 1.807) is 18.2 Å². The molecule has 0 aromatic heterocycles. The van der Waals surface area contributed by atoms with E-state index in [2.05, 4.69) is 16.0 Å². The predicted octanol–water partition coefficient (Wildman–Crippen LogP) is 3.09. The van der Waals surface area contributed by atoms with Crippen molar-refractivity contribution in [1.82, 2.24) is 10.6 Å². The van der Waals surface area contributed by atoms with Crippen LogP contribution in [0.4, 0.5) is 10.5 Å². The van der Waals surface area contributed by atoms with Gasteiger partial charge in [0.1, 0.15) is 5.75 Å². The molecule has 0 aliphatic heterocycles. The smallest absolute Gasteiger partial charge is 0.315 e. The summed E-state index contributed by atoms with van der Waals surface area (Å²) in [6, 6.07) is 12.3. The van der Waals surface area contributed by atoms with Gasteiger partial charge in [0.15, 0.2) is 0 Å². The number of halogens is 1. The number of benzene rings is 2. The van der Waals surface area contributed by atoms with Gasteiger partial charge in [-0.2, -0.15) is 0 Å². The molecule has 6 nitrogen and oxygen atoms in total. The number of ether oxygens (including phenoxy) is 1. The summed E-state index contributed by atoms with van der Waals surface area (Å²) in [4.78, 5) is 23.6. The van der Waals surface area contributed by atoms with Crippen molar-refractivity contribution in [3.63, 3.8) is 0 Å². The van der Waals surface area contributed by atoms with Gasteiger partial charge in [0.2, 0.25) is 5.91 Å². The fraction of sp³-hybridized carbons (Fsp3) is 0.222. The summed E-state index contributed by atoms with van der Waals surface area (Å²) in [6.07, 6.45) is 0. The number of carbonyl (C=O) groups is 2. The molecule has 7 heteroatoms. The summed E-state index contributed by atoms with van der Waals surface area (Å²) in [5, 5.41) is 8.24. The molecule has 3 N–H and O–H groups in total. The van der Waals surface area contributed by atoms with E-state index < -0.39 is 6.03 Å². The van der Waals surface area contributed by atoms with E-state index in [4.69, 9.17) is 16.3 Å². The second-order valence-electron chi connectivity index (χ2n) is 5.42. The van der Waals surface area contributed by atoms with E-state index in [-0.39, 0.29) is 12.5 Å². The summed E-state index contributed by atoms with van der Waals surface area (Å²) in [7, 11) is 1.51. The summed E-state index contributed by atoms with van der Waals surface area (Å²) in [5.41, 5.74) is 2.67. The highest BCUT2D eigenvalue weighted by Crippen LogP contribution is 2.27. The normalized spacial score (nSPS) is 10.0. The Morgan fingerprint density at radius 2 is 1.80 bits per heavy atom. The first-order chi connectivity index (χ1) is 12.0. The van der Waals surface area contributed by atoms with Gasteiger partial charge in [-0.1, -0.05) is 41.4 Å². The summed E-state index contributed by atoms with van der Waals surface area (Å²) in [5.74, 6) is 0.167. The highest BCUT2D eigenvalue weighted by atomic mass is 35.5.